The summed E-state index contributed by atoms with van der Waals surface area (Å²) in [6.45, 7) is 1.43. The van der Waals surface area contributed by atoms with Crippen LogP contribution in [0.25, 0.3) is 0 Å². The molecule has 0 spiro atoms. The normalized spacial score (nSPS) is 17.1. The Bertz CT molecular complexity index is 645. The minimum Gasteiger partial charge on any atom is -0.381 e. The largest absolute Gasteiger partial charge is 0.381 e. The Kier molecular flexibility index (Phi) is 3.67. The number of fused-ring (bicyclic) bond motifs is 1. The lowest BCUT2D eigenvalue weighted by Gasteiger charge is -2.26. The van der Waals surface area contributed by atoms with Gasteiger partial charge in [0, 0.05) is 6.54 Å². The zero-order valence-electron chi connectivity index (χ0n) is 11.2. The van der Waals surface area contributed by atoms with Gasteiger partial charge in [-0.05, 0) is 29.7 Å². The van der Waals surface area contributed by atoms with E-state index < -0.39 is 0 Å². The van der Waals surface area contributed by atoms with E-state index in [0.717, 1.165) is 18.7 Å². The third-order valence-corrected chi connectivity index (χ3v) is 3.62. The topological polar surface area (TPSA) is 45.0 Å². The van der Waals surface area contributed by atoms with Crippen LogP contribution in [0.5, 0.6) is 0 Å². The van der Waals surface area contributed by atoms with Crippen molar-refractivity contribution in [2.24, 2.45) is 0 Å². The minimum absolute atomic E-state index is 0.0479. The lowest BCUT2D eigenvalue weighted by atomic mass is 9.97. The van der Waals surface area contributed by atoms with Gasteiger partial charge in [0.2, 0.25) is 0 Å². The number of hydrogen-bond donors (Lipinski definition) is 1. The number of nitrogens with zero attached hydrogens (tertiary/aromatic N) is 1. The Hall–Kier alpha value is -2.31. The Balaban J connectivity index is 1.75. The first-order chi connectivity index (χ1) is 9.88. The molecule has 0 bridgehead atoms. The average molecular weight is 264 g/mol. The third-order valence-electron chi connectivity index (χ3n) is 3.62. The fraction of sp³-hybridized carbons (Fsp3) is 0.235. The van der Waals surface area contributed by atoms with Gasteiger partial charge in [-0.2, -0.15) is 5.26 Å². The van der Waals surface area contributed by atoms with Gasteiger partial charge in [0.15, 0.2) is 0 Å². The quantitative estimate of drug-likeness (QED) is 0.925. The van der Waals surface area contributed by atoms with E-state index >= 15 is 0 Å². The van der Waals surface area contributed by atoms with Gasteiger partial charge in [0.25, 0.3) is 0 Å². The number of ether oxygens (including phenoxy) is 1. The van der Waals surface area contributed by atoms with E-state index in [0.29, 0.717) is 12.1 Å². The summed E-state index contributed by atoms with van der Waals surface area (Å²) in [5.41, 5.74) is 4.14. The van der Waals surface area contributed by atoms with E-state index in [4.69, 9.17) is 10.00 Å². The van der Waals surface area contributed by atoms with Crippen LogP contribution in [0.15, 0.2) is 48.5 Å². The maximum Gasteiger partial charge on any atom is 0.101 e. The van der Waals surface area contributed by atoms with E-state index in [1.165, 1.54) is 11.1 Å². The van der Waals surface area contributed by atoms with Gasteiger partial charge >= 0.3 is 0 Å². The zero-order chi connectivity index (χ0) is 13.8. The van der Waals surface area contributed by atoms with Crippen molar-refractivity contribution >= 4 is 5.69 Å². The van der Waals surface area contributed by atoms with Gasteiger partial charge in [-0.3, -0.25) is 0 Å². The van der Waals surface area contributed by atoms with Crippen LogP contribution in [0.4, 0.5) is 5.69 Å². The van der Waals surface area contributed by atoms with Crippen molar-refractivity contribution in [1.29, 1.82) is 5.26 Å². The lowest BCUT2D eigenvalue weighted by Crippen LogP contribution is -2.22. The van der Waals surface area contributed by atoms with Crippen molar-refractivity contribution in [3.05, 3.63) is 65.2 Å². The molecule has 0 amide bonds. The van der Waals surface area contributed by atoms with Gasteiger partial charge in [0.05, 0.1) is 24.0 Å². The molecule has 1 unspecified atom stereocenters. The molecule has 1 atom stereocenters. The first kappa shape index (κ1) is 12.7. The molecule has 1 aliphatic rings. The minimum atomic E-state index is 0.0479. The third kappa shape index (κ3) is 2.52. The van der Waals surface area contributed by atoms with Crippen LogP contribution >= 0.6 is 0 Å². The van der Waals surface area contributed by atoms with Crippen LogP contribution in [0.3, 0.4) is 0 Å². The highest BCUT2D eigenvalue weighted by atomic mass is 16.5. The summed E-state index contributed by atoms with van der Waals surface area (Å²) in [6, 6.07) is 18.1. The summed E-state index contributed by atoms with van der Waals surface area (Å²) in [6.07, 6.45) is 1.02. The monoisotopic (exact) mass is 264 g/mol. The van der Waals surface area contributed by atoms with Crippen molar-refractivity contribution in [2.75, 3.05) is 18.5 Å². The molecule has 3 rings (SSSR count). The Morgan fingerprint density at radius 3 is 2.85 bits per heavy atom. The first-order valence-corrected chi connectivity index (χ1v) is 6.81. The van der Waals surface area contributed by atoms with Gasteiger partial charge in [-0.1, -0.05) is 36.4 Å². The van der Waals surface area contributed by atoms with Crippen molar-refractivity contribution in [3.8, 4) is 6.07 Å². The highest BCUT2D eigenvalue weighted by Crippen LogP contribution is 2.27. The Morgan fingerprint density at radius 1 is 1.15 bits per heavy atom. The predicted molar refractivity (Wildman–Crippen MR) is 78.5 cm³/mol. The second kappa shape index (κ2) is 5.77. The highest BCUT2D eigenvalue weighted by molar-refractivity contribution is 5.57. The number of nitrogens with one attached hydrogen (secondary N) is 1. The van der Waals surface area contributed by atoms with Crippen LogP contribution < -0.4 is 5.32 Å². The summed E-state index contributed by atoms with van der Waals surface area (Å²) in [5.74, 6) is 0. The molecule has 0 aromatic heterocycles. The van der Waals surface area contributed by atoms with Crippen LogP contribution in [0.2, 0.25) is 0 Å². The molecule has 1 heterocycles. The van der Waals surface area contributed by atoms with E-state index in [1.807, 2.05) is 30.3 Å². The highest BCUT2D eigenvalue weighted by Gasteiger charge is 2.20. The molecule has 3 nitrogen and oxygen atoms in total. The Morgan fingerprint density at radius 2 is 1.95 bits per heavy atom. The second-order valence-electron chi connectivity index (χ2n) is 4.85. The molecule has 3 heteroatoms. The number of benzene rings is 2. The van der Waals surface area contributed by atoms with Gasteiger partial charge in [0.1, 0.15) is 6.07 Å². The van der Waals surface area contributed by atoms with Gasteiger partial charge in [-0.25, -0.2) is 0 Å². The predicted octanol–water partition coefficient (Wildman–Crippen LogP) is 3.28. The zero-order valence-corrected chi connectivity index (χ0v) is 11.2. The van der Waals surface area contributed by atoms with E-state index in [2.05, 4.69) is 29.6 Å². The molecular weight excluding hydrogens is 248 g/mol. The van der Waals surface area contributed by atoms with Crippen LogP contribution in [-0.2, 0) is 11.2 Å². The number of nitriles is 1. The van der Waals surface area contributed by atoms with Crippen molar-refractivity contribution in [2.45, 2.75) is 12.5 Å². The van der Waals surface area contributed by atoms with Crippen molar-refractivity contribution < 1.29 is 4.74 Å². The molecule has 0 radical (unpaired) electrons. The summed E-state index contributed by atoms with van der Waals surface area (Å²) < 4.78 is 5.85. The van der Waals surface area contributed by atoms with E-state index in [1.54, 1.807) is 0 Å². The molecule has 100 valence electrons. The Labute approximate surface area is 118 Å². The number of hydrogen-bond acceptors (Lipinski definition) is 3. The van der Waals surface area contributed by atoms with Crippen molar-refractivity contribution in [3.63, 3.8) is 0 Å². The van der Waals surface area contributed by atoms with Gasteiger partial charge in [-0.15, -0.1) is 0 Å². The fourth-order valence-electron chi connectivity index (χ4n) is 2.58. The van der Waals surface area contributed by atoms with E-state index in [9.17, 15) is 0 Å². The first-order valence-electron chi connectivity index (χ1n) is 6.81. The number of para-hydroxylation sites is 1. The fourth-order valence-corrected chi connectivity index (χ4v) is 2.58. The molecule has 20 heavy (non-hydrogen) atoms. The summed E-state index contributed by atoms with van der Waals surface area (Å²) in [4.78, 5) is 0. The van der Waals surface area contributed by atoms with Crippen LogP contribution in [0, 0.1) is 11.3 Å². The summed E-state index contributed by atoms with van der Waals surface area (Å²) >= 11 is 0. The summed E-state index contributed by atoms with van der Waals surface area (Å²) in [5, 5.41) is 12.4. The van der Waals surface area contributed by atoms with Crippen LogP contribution in [-0.4, -0.2) is 13.2 Å². The molecule has 1 aliphatic heterocycles. The smallest absolute Gasteiger partial charge is 0.101 e. The second-order valence-corrected chi connectivity index (χ2v) is 4.85. The molecule has 0 saturated carbocycles. The SMILES string of the molecule is N#Cc1ccccc1NCC1OCCc2ccccc21. The van der Waals surface area contributed by atoms with Crippen LogP contribution in [0.1, 0.15) is 22.8 Å². The summed E-state index contributed by atoms with van der Waals surface area (Å²) in [7, 11) is 0. The molecular formula is C17H16N2O. The van der Waals surface area contributed by atoms with Crippen molar-refractivity contribution in [1.82, 2.24) is 0 Å². The molecule has 0 fully saturated rings. The maximum absolute atomic E-state index is 9.09. The molecule has 2 aromatic rings. The maximum atomic E-state index is 9.09. The molecule has 0 aliphatic carbocycles. The van der Waals surface area contributed by atoms with E-state index in [-0.39, 0.29) is 6.10 Å². The standard InChI is InChI=1S/C17H16N2O/c18-11-14-6-2-4-8-16(14)19-12-17-15-7-3-1-5-13(15)9-10-20-17/h1-8,17,19H,9-10,12H2. The average Bonchev–Trinajstić information content (AvgIpc) is 2.53. The lowest BCUT2D eigenvalue weighted by molar-refractivity contribution is 0.0513. The molecule has 1 N–H and O–H groups in total. The van der Waals surface area contributed by atoms with Gasteiger partial charge < -0.3 is 10.1 Å². The molecule has 0 saturated heterocycles. The number of rotatable bonds is 3. The molecule has 2 aromatic carbocycles. The number of anilines is 1.